The molecule has 26 heavy (non-hydrogen) atoms. The molecule has 0 amide bonds. The highest BCUT2D eigenvalue weighted by atomic mass is 15.3. The first-order chi connectivity index (χ1) is 12.6. The molecule has 1 N–H and O–H groups in total. The average molecular weight is 344 g/mol. The molecule has 4 nitrogen and oxygen atoms in total. The maximum atomic E-state index is 4.81. The number of benzene rings is 2. The number of aryl methyl sites for hydroxylation is 2. The third-order valence-electron chi connectivity index (χ3n) is 4.91. The van der Waals surface area contributed by atoms with Crippen LogP contribution in [0, 0.1) is 6.92 Å². The molecule has 0 radical (unpaired) electrons. The molecule has 132 valence electrons. The van der Waals surface area contributed by atoms with Gasteiger partial charge in [-0.1, -0.05) is 37.3 Å². The van der Waals surface area contributed by atoms with Crippen LogP contribution >= 0.6 is 0 Å². The first-order valence-corrected chi connectivity index (χ1v) is 9.23. The normalized spacial score (nSPS) is 15.8. The lowest BCUT2D eigenvalue weighted by molar-refractivity contribution is 0.749. The van der Waals surface area contributed by atoms with Gasteiger partial charge in [0.15, 0.2) is 0 Å². The Hall–Kier alpha value is -2.88. The van der Waals surface area contributed by atoms with Gasteiger partial charge < -0.3 is 10.2 Å². The molecule has 0 spiro atoms. The number of nitrogens with one attached hydrogen (secondary N) is 1. The number of anilines is 4. The molecule has 0 saturated heterocycles. The predicted octanol–water partition coefficient (Wildman–Crippen LogP) is 5.17. The van der Waals surface area contributed by atoms with E-state index in [1.54, 1.807) is 0 Å². The van der Waals surface area contributed by atoms with Gasteiger partial charge in [0.1, 0.15) is 5.82 Å². The second-order valence-electron chi connectivity index (χ2n) is 6.92. The van der Waals surface area contributed by atoms with Gasteiger partial charge in [0.25, 0.3) is 0 Å². The van der Waals surface area contributed by atoms with Crippen LogP contribution in [0.3, 0.4) is 0 Å². The van der Waals surface area contributed by atoms with E-state index in [2.05, 4.69) is 83.6 Å². The molecule has 1 aromatic heterocycles. The van der Waals surface area contributed by atoms with Crippen LogP contribution < -0.4 is 10.2 Å². The number of hydrogen-bond acceptors (Lipinski definition) is 4. The summed E-state index contributed by atoms with van der Waals surface area (Å²) in [5, 5.41) is 3.35. The van der Waals surface area contributed by atoms with Gasteiger partial charge in [0.2, 0.25) is 5.95 Å². The van der Waals surface area contributed by atoms with E-state index in [1.807, 2.05) is 6.92 Å². The molecule has 0 bridgehead atoms. The molecule has 4 heteroatoms. The van der Waals surface area contributed by atoms with Crippen molar-refractivity contribution in [1.29, 1.82) is 0 Å². The first kappa shape index (κ1) is 16.6. The van der Waals surface area contributed by atoms with Crippen molar-refractivity contribution in [3.8, 4) is 0 Å². The molecule has 1 aliphatic heterocycles. The fraction of sp³-hybridized carbons (Fsp3) is 0.273. The quantitative estimate of drug-likeness (QED) is 0.708. The van der Waals surface area contributed by atoms with Crippen molar-refractivity contribution >= 4 is 23.1 Å². The van der Waals surface area contributed by atoms with Gasteiger partial charge in [-0.3, -0.25) is 0 Å². The van der Waals surface area contributed by atoms with E-state index in [1.165, 1.54) is 16.8 Å². The molecule has 3 aromatic rings. The molecule has 1 atom stereocenters. The summed E-state index contributed by atoms with van der Waals surface area (Å²) in [6.07, 6.45) is 2.08. The summed E-state index contributed by atoms with van der Waals surface area (Å²) >= 11 is 0. The molecule has 2 heterocycles. The maximum absolute atomic E-state index is 4.81. The summed E-state index contributed by atoms with van der Waals surface area (Å²) in [4.78, 5) is 11.7. The summed E-state index contributed by atoms with van der Waals surface area (Å²) in [5.74, 6) is 1.59. The van der Waals surface area contributed by atoms with Crippen molar-refractivity contribution in [3.63, 3.8) is 0 Å². The van der Waals surface area contributed by atoms with E-state index in [-0.39, 0.29) is 0 Å². The van der Waals surface area contributed by atoms with Crippen molar-refractivity contribution in [1.82, 2.24) is 9.97 Å². The fourth-order valence-corrected chi connectivity index (χ4v) is 3.60. The zero-order valence-electron chi connectivity index (χ0n) is 15.5. The highest BCUT2D eigenvalue weighted by Gasteiger charge is 2.28. The Kier molecular flexibility index (Phi) is 4.33. The van der Waals surface area contributed by atoms with Gasteiger partial charge in [0, 0.05) is 29.2 Å². The van der Waals surface area contributed by atoms with Crippen LogP contribution in [-0.4, -0.2) is 16.0 Å². The SMILES string of the molecule is CCc1ccc(Nc2nc(C)cc(N3c4ccccc4CC3C)n2)cc1. The van der Waals surface area contributed by atoms with Crippen LogP contribution in [0.4, 0.5) is 23.1 Å². The molecule has 1 aliphatic rings. The van der Waals surface area contributed by atoms with Gasteiger partial charge in [-0.15, -0.1) is 0 Å². The number of para-hydroxylation sites is 1. The van der Waals surface area contributed by atoms with E-state index in [0.717, 1.165) is 30.0 Å². The smallest absolute Gasteiger partial charge is 0.229 e. The standard InChI is InChI=1S/C22H24N4/c1-4-17-9-11-19(12-10-17)24-22-23-15(2)13-21(25-22)26-16(3)14-18-7-5-6-8-20(18)26/h5-13,16H,4,14H2,1-3H3,(H,23,24,25). The summed E-state index contributed by atoms with van der Waals surface area (Å²) in [6, 6.07) is 19.5. The Morgan fingerprint density at radius 1 is 1.08 bits per heavy atom. The molecule has 2 aromatic carbocycles. The van der Waals surface area contributed by atoms with Crippen molar-refractivity contribution < 1.29 is 0 Å². The highest BCUT2D eigenvalue weighted by Crippen LogP contribution is 2.37. The predicted molar refractivity (Wildman–Crippen MR) is 108 cm³/mol. The molecule has 4 rings (SSSR count). The monoisotopic (exact) mass is 344 g/mol. The van der Waals surface area contributed by atoms with Crippen LogP contribution in [0.15, 0.2) is 54.6 Å². The summed E-state index contributed by atoms with van der Waals surface area (Å²) in [7, 11) is 0. The minimum atomic E-state index is 0.387. The third kappa shape index (κ3) is 3.15. The Balaban J connectivity index is 1.66. The van der Waals surface area contributed by atoms with Crippen LogP contribution in [0.1, 0.15) is 30.7 Å². The summed E-state index contributed by atoms with van der Waals surface area (Å²) in [5.41, 5.74) is 5.91. The molecular formula is C22H24N4. The average Bonchev–Trinajstić information content (AvgIpc) is 2.97. The Labute approximate surface area is 154 Å². The molecule has 0 aliphatic carbocycles. The number of rotatable bonds is 4. The second-order valence-corrected chi connectivity index (χ2v) is 6.92. The highest BCUT2D eigenvalue weighted by molar-refractivity contribution is 5.70. The minimum absolute atomic E-state index is 0.387. The fourth-order valence-electron chi connectivity index (χ4n) is 3.60. The lowest BCUT2D eigenvalue weighted by atomic mass is 10.1. The van der Waals surface area contributed by atoms with E-state index in [4.69, 9.17) is 4.98 Å². The second kappa shape index (κ2) is 6.79. The van der Waals surface area contributed by atoms with Crippen molar-refractivity contribution in [2.45, 2.75) is 39.7 Å². The van der Waals surface area contributed by atoms with Gasteiger partial charge in [-0.05, 0) is 56.0 Å². The Bertz CT molecular complexity index is 918. The number of aromatic nitrogens is 2. The molecule has 0 fully saturated rings. The Morgan fingerprint density at radius 2 is 1.85 bits per heavy atom. The zero-order valence-corrected chi connectivity index (χ0v) is 15.5. The van der Waals surface area contributed by atoms with Crippen molar-refractivity contribution in [2.24, 2.45) is 0 Å². The van der Waals surface area contributed by atoms with Crippen LogP contribution in [-0.2, 0) is 12.8 Å². The molecular weight excluding hydrogens is 320 g/mol. The largest absolute Gasteiger partial charge is 0.324 e. The van der Waals surface area contributed by atoms with Gasteiger partial charge >= 0.3 is 0 Å². The topological polar surface area (TPSA) is 41.1 Å². The van der Waals surface area contributed by atoms with Crippen LogP contribution in [0.5, 0.6) is 0 Å². The summed E-state index contributed by atoms with van der Waals surface area (Å²) < 4.78 is 0. The van der Waals surface area contributed by atoms with Gasteiger partial charge in [0.05, 0.1) is 0 Å². The minimum Gasteiger partial charge on any atom is -0.324 e. The number of hydrogen-bond donors (Lipinski definition) is 1. The third-order valence-corrected chi connectivity index (χ3v) is 4.91. The molecule has 0 saturated carbocycles. The van der Waals surface area contributed by atoms with E-state index >= 15 is 0 Å². The maximum Gasteiger partial charge on any atom is 0.229 e. The van der Waals surface area contributed by atoms with Gasteiger partial charge in [-0.2, -0.15) is 4.98 Å². The van der Waals surface area contributed by atoms with Crippen LogP contribution in [0.2, 0.25) is 0 Å². The van der Waals surface area contributed by atoms with Crippen molar-refractivity contribution in [3.05, 3.63) is 71.4 Å². The lowest BCUT2D eigenvalue weighted by Gasteiger charge is -2.24. The van der Waals surface area contributed by atoms with E-state index < -0.39 is 0 Å². The van der Waals surface area contributed by atoms with E-state index in [0.29, 0.717) is 12.0 Å². The summed E-state index contributed by atoms with van der Waals surface area (Å²) in [6.45, 7) is 6.42. The number of fused-ring (bicyclic) bond motifs is 1. The van der Waals surface area contributed by atoms with E-state index in [9.17, 15) is 0 Å². The zero-order chi connectivity index (χ0) is 18.1. The lowest BCUT2D eigenvalue weighted by Crippen LogP contribution is -2.25. The van der Waals surface area contributed by atoms with Gasteiger partial charge in [-0.25, -0.2) is 4.98 Å². The number of nitrogens with zero attached hydrogens (tertiary/aromatic N) is 3. The van der Waals surface area contributed by atoms with Crippen molar-refractivity contribution in [2.75, 3.05) is 10.2 Å². The van der Waals surface area contributed by atoms with Crippen LogP contribution in [0.25, 0.3) is 0 Å². The Morgan fingerprint density at radius 3 is 2.62 bits per heavy atom. The first-order valence-electron chi connectivity index (χ1n) is 9.23. The molecule has 1 unspecified atom stereocenters.